The first kappa shape index (κ1) is 8.97. The van der Waals surface area contributed by atoms with Gasteiger partial charge in [0, 0.05) is 6.61 Å². The minimum absolute atomic E-state index is 0.382. The van der Waals surface area contributed by atoms with E-state index in [0.29, 0.717) is 6.10 Å². The lowest BCUT2D eigenvalue weighted by Crippen LogP contribution is -2.36. The van der Waals surface area contributed by atoms with E-state index in [9.17, 15) is 0 Å². The van der Waals surface area contributed by atoms with Crippen LogP contribution in [0.15, 0.2) is 0 Å². The molecule has 0 saturated carbocycles. The second-order valence-corrected chi connectivity index (χ2v) is 2.88. The molecule has 0 aromatic carbocycles. The molecule has 0 amide bonds. The average Bonchev–Trinajstić information content (AvgIpc) is 1.93. The Morgan fingerprint density at radius 1 is 1.27 bits per heavy atom. The van der Waals surface area contributed by atoms with Crippen LogP contribution in [0.1, 0.15) is 19.3 Å². The topological polar surface area (TPSA) is 44.5 Å². The normalized spacial score (nSPS) is 18.3. The number of hydrogen-bond donors (Lipinski definition) is 1. The summed E-state index contributed by atoms with van der Waals surface area (Å²) in [7, 11) is 0. The van der Waals surface area contributed by atoms with E-state index in [4.69, 9.17) is 15.2 Å². The zero-order chi connectivity index (χ0) is 7.94. The third-order valence-corrected chi connectivity index (χ3v) is 1.81. The monoisotopic (exact) mass is 159 g/mol. The molecule has 1 saturated heterocycles. The van der Waals surface area contributed by atoms with Gasteiger partial charge in [0.15, 0.2) is 0 Å². The van der Waals surface area contributed by atoms with Crippen LogP contribution >= 0.6 is 0 Å². The Kier molecular flexibility index (Phi) is 4.50. The maximum absolute atomic E-state index is 5.46. The third-order valence-electron chi connectivity index (χ3n) is 1.81. The van der Waals surface area contributed by atoms with E-state index in [1.54, 1.807) is 0 Å². The zero-order valence-electron chi connectivity index (χ0n) is 6.92. The first-order chi connectivity index (χ1) is 5.43. The summed E-state index contributed by atoms with van der Waals surface area (Å²) >= 11 is 0. The van der Waals surface area contributed by atoms with Crippen molar-refractivity contribution in [3.63, 3.8) is 0 Å². The Morgan fingerprint density at radius 2 is 2.09 bits per heavy atom. The van der Waals surface area contributed by atoms with E-state index in [-0.39, 0.29) is 0 Å². The van der Waals surface area contributed by atoms with Gasteiger partial charge in [-0.25, -0.2) is 0 Å². The molecule has 66 valence electrons. The van der Waals surface area contributed by atoms with E-state index in [2.05, 4.69) is 0 Å². The van der Waals surface area contributed by atoms with Crippen molar-refractivity contribution in [1.82, 2.24) is 0 Å². The minimum atomic E-state index is 0.382. The van der Waals surface area contributed by atoms with E-state index in [1.807, 2.05) is 0 Å². The molecule has 3 heteroatoms. The van der Waals surface area contributed by atoms with Crippen LogP contribution in [0.4, 0.5) is 0 Å². The summed E-state index contributed by atoms with van der Waals surface area (Å²) in [5.74, 6) is 0. The van der Waals surface area contributed by atoms with Gasteiger partial charge in [-0.1, -0.05) is 0 Å². The van der Waals surface area contributed by atoms with Gasteiger partial charge in [-0.05, 0) is 25.8 Å². The van der Waals surface area contributed by atoms with Crippen LogP contribution < -0.4 is 5.73 Å². The summed E-state index contributed by atoms with van der Waals surface area (Å²) in [6, 6.07) is 0. The Bertz CT molecular complexity index is 94.1. The largest absolute Gasteiger partial charge is 0.376 e. The molecule has 0 aromatic rings. The fourth-order valence-corrected chi connectivity index (χ4v) is 0.983. The highest BCUT2D eigenvalue weighted by Crippen LogP contribution is 2.06. The first-order valence-corrected chi connectivity index (χ1v) is 4.33. The van der Waals surface area contributed by atoms with Gasteiger partial charge in [0.05, 0.1) is 13.2 Å². The molecule has 1 fully saturated rings. The van der Waals surface area contributed by atoms with Crippen LogP contribution in [-0.2, 0) is 9.47 Å². The second kappa shape index (κ2) is 5.52. The molecule has 11 heavy (non-hydrogen) atoms. The molecule has 1 aliphatic heterocycles. The highest BCUT2D eigenvalue weighted by atomic mass is 16.6. The zero-order valence-corrected chi connectivity index (χ0v) is 6.92. The molecule has 0 aliphatic carbocycles. The summed E-state index contributed by atoms with van der Waals surface area (Å²) in [5.41, 5.74) is 5.35. The van der Waals surface area contributed by atoms with Gasteiger partial charge in [-0.15, -0.1) is 0 Å². The highest BCUT2D eigenvalue weighted by molar-refractivity contribution is 4.63. The summed E-state index contributed by atoms with van der Waals surface area (Å²) < 4.78 is 10.4. The van der Waals surface area contributed by atoms with Crippen LogP contribution in [0, 0.1) is 0 Å². The Morgan fingerprint density at radius 3 is 2.64 bits per heavy atom. The van der Waals surface area contributed by atoms with Crippen molar-refractivity contribution < 1.29 is 9.47 Å². The fraction of sp³-hybridized carbons (Fsp3) is 1.00. The summed E-state index contributed by atoms with van der Waals surface area (Å²) in [4.78, 5) is 0. The average molecular weight is 159 g/mol. The number of unbranched alkanes of at least 4 members (excludes halogenated alkanes) is 2. The third kappa shape index (κ3) is 3.70. The molecule has 0 atom stereocenters. The molecule has 2 N–H and O–H groups in total. The lowest BCUT2D eigenvalue weighted by molar-refractivity contribution is -0.129. The smallest absolute Gasteiger partial charge is 0.104 e. The van der Waals surface area contributed by atoms with Crippen LogP contribution in [0.3, 0.4) is 0 Å². The standard InChI is InChI=1S/C8H17NO2/c9-4-2-1-3-5-11-8-6-10-7-8/h8H,1-7,9H2. The van der Waals surface area contributed by atoms with Crippen molar-refractivity contribution in [2.24, 2.45) is 5.73 Å². The quantitative estimate of drug-likeness (QED) is 0.575. The van der Waals surface area contributed by atoms with E-state index in [0.717, 1.165) is 39.2 Å². The summed E-state index contributed by atoms with van der Waals surface area (Å²) in [6.45, 7) is 3.24. The molecular weight excluding hydrogens is 142 g/mol. The van der Waals surface area contributed by atoms with Crippen molar-refractivity contribution in [3.05, 3.63) is 0 Å². The Balaban J connectivity index is 1.73. The molecule has 3 nitrogen and oxygen atoms in total. The molecule has 0 spiro atoms. The van der Waals surface area contributed by atoms with Gasteiger partial charge in [0.25, 0.3) is 0 Å². The van der Waals surface area contributed by atoms with E-state index < -0.39 is 0 Å². The minimum Gasteiger partial charge on any atom is -0.376 e. The fourth-order valence-electron chi connectivity index (χ4n) is 0.983. The van der Waals surface area contributed by atoms with Crippen molar-refractivity contribution in [2.75, 3.05) is 26.4 Å². The Labute approximate surface area is 67.9 Å². The summed E-state index contributed by atoms with van der Waals surface area (Å²) in [6.07, 6.45) is 3.82. The Hall–Kier alpha value is -0.120. The van der Waals surface area contributed by atoms with Gasteiger partial charge in [-0.2, -0.15) is 0 Å². The molecular formula is C8H17NO2. The van der Waals surface area contributed by atoms with Crippen molar-refractivity contribution in [3.8, 4) is 0 Å². The molecule has 0 radical (unpaired) electrons. The predicted molar refractivity (Wildman–Crippen MR) is 43.5 cm³/mol. The SMILES string of the molecule is NCCCCCOC1COC1. The van der Waals surface area contributed by atoms with Gasteiger partial charge >= 0.3 is 0 Å². The number of nitrogens with two attached hydrogens (primary N) is 1. The van der Waals surface area contributed by atoms with Gasteiger partial charge in [0.1, 0.15) is 6.10 Å². The molecule has 1 heterocycles. The molecule has 0 bridgehead atoms. The van der Waals surface area contributed by atoms with Gasteiger partial charge in [0.2, 0.25) is 0 Å². The maximum Gasteiger partial charge on any atom is 0.104 e. The van der Waals surface area contributed by atoms with Crippen molar-refractivity contribution >= 4 is 0 Å². The van der Waals surface area contributed by atoms with Crippen molar-refractivity contribution in [1.29, 1.82) is 0 Å². The van der Waals surface area contributed by atoms with Gasteiger partial charge in [-0.3, -0.25) is 0 Å². The van der Waals surface area contributed by atoms with Crippen LogP contribution in [-0.4, -0.2) is 32.5 Å². The number of ether oxygens (including phenoxy) is 2. The number of rotatable bonds is 6. The molecule has 0 unspecified atom stereocenters. The lowest BCUT2D eigenvalue weighted by atomic mass is 10.2. The van der Waals surface area contributed by atoms with Crippen LogP contribution in [0.25, 0.3) is 0 Å². The van der Waals surface area contributed by atoms with E-state index in [1.165, 1.54) is 6.42 Å². The van der Waals surface area contributed by atoms with Crippen LogP contribution in [0.2, 0.25) is 0 Å². The predicted octanol–water partition coefficient (Wildman–Crippen LogP) is 0.531. The van der Waals surface area contributed by atoms with E-state index >= 15 is 0 Å². The van der Waals surface area contributed by atoms with Crippen molar-refractivity contribution in [2.45, 2.75) is 25.4 Å². The first-order valence-electron chi connectivity index (χ1n) is 4.33. The lowest BCUT2D eigenvalue weighted by Gasteiger charge is -2.25. The highest BCUT2D eigenvalue weighted by Gasteiger charge is 2.17. The van der Waals surface area contributed by atoms with Gasteiger partial charge < -0.3 is 15.2 Å². The summed E-state index contributed by atoms with van der Waals surface area (Å²) in [5, 5.41) is 0. The maximum atomic E-state index is 5.46. The van der Waals surface area contributed by atoms with Crippen LogP contribution in [0.5, 0.6) is 0 Å². The molecule has 1 aliphatic rings. The molecule has 1 rings (SSSR count). The second-order valence-electron chi connectivity index (χ2n) is 2.88. The number of hydrogen-bond acceptors (Lipinski definition) is 3. The molecule has 0 aromatic heterocycles.